The van der Waals surface area contributed by atoms with Gasteiger partial charge in [0.15, 0.2) is 0 Å². The van der Waals surface area contributed by atoms with Gasteiger partial charge in [0.1, 0.15) is 35.6 Å². The van der Waals surface area contributed by atoms with Crippen LogP contribution in [0.15, 0.2) is 91.0 Å². The molecule has 3 saturated heterocycles. The van der Waals surface area contributed by atoms with Gasteiger partial charge in [-0.15, -0.1) is 0 Å². The monoisotopic (exact) mass is 1760 g/mol. The van der Waals surface area contributed by atoms with E-state index in [1.807, 2.05) is 39.0 Å². The third-order valence-corrected chi connectivity index (χ3v) is 30.6. The van der Waals surface area contributed by atoms with Crippen molar-refractivity contribution in [2.45, 2.75) is 331 Å². The maximum absolute atomic E-state index is 13.6. The zero-order valence-electron chi connectivity index (χ0n) is 74.5. The first-order chi connectivity index (χ1) is 60.6. The van der Waals surface area contributed by atoms with Crippen LogP contribution >= 0.6 is 0 Å². The van der Waals surface area contributed by atoms with E-state index in [1.54, 1.807) is 0 Å². The molecule has 6 saturated carbocycles. The van der Waals surface area contributed by atoms with Crippen LogP contribution in [-0.4, -0.2) is 178 Å². The molecule has 6 aromatic rings. The van der Waals surface area contributed by atoms with Gasteiger partial charge in [-0.3, -0.25) is 29.1 Å². The summed E-state index contributed by atoms with van der Waals surface area (Å²) in [4.78, 5) is 58.7. The number of alkyl halides is 6. The molecule has 3 aromatic carbocycles. The van der Waals surface area contributed by atoms with Crippen LogP contribution in [0.25, 0.3) is 0 Å². The van der Waals surface area contributed by atoms with Gasteiger partial charge in [0.25, 0.3) is 0 Å². The van der Waals surface area contributed by atoms with E-state index in [0.29, 0.717) is 59.1 Å². The molecule has 0 radical (unpaired) electrons. The van der Waals surface area contributed by atoms with Gasteiger partial charge in [-0.25, -0.2) is 41.3 Å². The van der Waals surface area contributed by atoms with Crippen molar-refractivity contribution in [3.63, 3.8) is 0 Å². The molecule has 12 aliphatic rings. The Bertz CT molecular complexity index is 4260. The van der Waals surface area contributed by atoms with Crippen LogP contribution in [0.1, 0.15) is 320 Å². The molecule has 24 heteroatoms. The van der Waals surface area contributed by atoms with Crippen molar-refractivity contribution in [1.29, 1.82) is 0 Å². The molecule has 9 heterocycles. The molecule has 6 N–H and O–H groups in total. The summed E-state index contributed by atoms with van der Waals surface area (Å²) in [5.74, 6) is -6.21. The molecule has 127 heavy (non-hydrogen) atoms. The molecule has 6 aliphatic heterocycles. The van der Waals surface area contributed by atoms with Crippen LogP contribution in [0.4, 0.5) is 43.8 Å². The topological polar surface area (TPSA) is 224 Å². The van der Waals surface area contributed by atoms with Crippen LogP contribution in [-0.2, 0) is 67.1 Å². The van der Waals surface area contributed by atoms with Gasteiger partial charge in [-0.1, -0.05) is 96.9 Å². The summed E-state index contributed by atoms with van der Waals surface area (Å²) in [7, 11) is 0. The number of hydrogen-bond acceptors (Lipinski definition) is 15. The van der Waals surface area contributed by atoms with Crippen molar-refractivity contribution < 1.29 is 70.3 Å². The van der Waals surface area contributed by atoms with E-state index in [0.717, 1.165) is 297 Å². The first-order valence-electron chi connectivity index (χ1n) is 48.0. The third-order valence-electron chi connectivity index (χ3n) is 30.6. The van der Waals surface area contributed by atoms with Crippen LogP contribution in [0.3, 0.4) is 0 Å². The molecule has 18 rings (SSSR count). The minimum Gasteiger partial charge on any atom is -0.480 e. The maximum atomic E-state index is 13.6. The molecular weight excluding hydrogens is 1620 g/mol. The Hall–Kier alpha value is -7.74. The Labute approximate surface area is 748 Å². The molecule has 0 bridgehead atoms. The van der Waals surface area contributed by atoms with Gasteiger partial charge in [0.05, 0.1) is 18.3 Å². The van der Waals surface area contributed by atoms with Gasteiger partial charge in [-0.2, -0.15) is 0 Å². The highest BCUT2D eigenvalue weighted by Gasteiger charge is 2.60. The van der Waals surface area contributed by atoms with Crippen molar-refractivity contribution in [3.8, 4) is 0 Å². The SMILES string of the molecule is C.Cc1ccc(C2CCC3(CC2)CC(F)(F)C3)c([C@@H](C(=O)O)N2CC[C@@H](OCCCCc3ccc4c(n3)NCCC4)C2)c1.Cc1ccc(C2CCC3(CC2)CC(F)(F)C3)c([C@H](C(=O)O)N2CC[C@@H](OCCCCc3ccc4c(n3)NCCC4)C2)c1.Cc1ccc(C2CCC3(CC2)CC(F)(F)C3)c([C@H](C(=O)O)N2CC[C@@H](OCCCCc3ccc4c(n3)NCCC4)C2)c1. The lowest BCUT2D eigenvalue weighted by molar-refractivity contribution is -0.174. The summed E-state index contributed by atoms with van der Waals surface area (Å²) < 4.78 is 101. The molecule has 0 unspecified atom stereocenters. The molecule has 6 atom stereocenters. The molecule has 9 fully saturated rings. The third kappa shape index (κ3) is 23.2. The van der Waals surface area contributed by atoms with E-state index in [2.05, 4.69) is 103 Å². The van der Waals surface area contributed by atoms with E-state index in [9.17, 15) is 56.0 Å². The summed E-state index contributed by atoms with van der Waals surface area (Å²) >= 11 is 0. The fraction of sp³-hybridized carbons (Fsp3) is 0.650. The van der Waals surface area contributed by atoms with Crippen LogP contribution in [0, 0.1) is 37.0 Å². The summed E-state index contributed by atoms with van der Waals surface area (Å²) in [6.07, 6.45) is 28.0. The van der Waals surface area contributed by atoms with Gasteiger partial charge in [-0.05, 0) is 316 Å². The first kappa shape index (κ1) is 93.9. The smallest absolute Gasteiger partial charge is 0.325 e. The average molecular weight is 1760 g/mol. The van der Waals surface area contributed by atoms with Gasteiger partial charge < -0.3 is 45.5 Å². The molecule has 6 aliphatic carbocycles. The first-order valence-corrected chi connectivity index (χ1v) is 48.0. The Kier molecular flexibility index (Phi) is 30.3. The number of fused-ring (bicyclic) bond motifs is 3. The second kappa shape index (κ2) is 41.0. The number of pyridine rings is 3. The second-order valence-corrected chi connectivity index (χ2v) is 40.3. The van der Waals surface area contributed by atoms with Crippen LogP contribution in [0.5, 0.6) is 0 Å². The number of carbonyl (C=O) groups is 3. The van der Waals surface area contributed by atoms with Crippen molar-refractivity contribution in [3.05, 3.63) is 175 Å². The molecule has 0 amide bonds. The number of nitrogens with one attached hydrogen (secondary N) is 3. The zero-order chi connectivity index (χ0) is 88.0. The number of anilines is 3. The van der Waals surface area contributed by atoms with Gasteiger partial charge in [0.2, 0.25) is 17.8 Å². The summed E-state index contributed by atoms with van der Waals surface area (Å²) in [6, 6.07) is 29.4. The van der Waals surface area contributed by atoms with E-state index >= 15 is 0 Å². The number of nitrogens with zero attached hydrogens (tertiary/aromatic N) is 6. The number of ether oxygens (including phenoxy) is 3. The van der Waals surface area contributed by atoms with E-state index in [-0.39, 0.29) is 98.3 Å². The quantitative estimate of drug-likeness (QED) is 0.0182. The molecular formula is C103H139F6N9O9. The Morgan fingerprint density at radius 2 is 0.661 bits per heavy atom. The highest BCUT2D eigenvalue weighted by Crippen LogP contribution is 2.64. The normalized spacial score (nSPS) is 23.9. The van der Waals surface area contributed by atoms with Crippen molar-refractivity contribution in [1.82, 2.24) is 29.7 Å². The minimum atomic E-state index is -2.50. The number of carboxylic acid groups (broad SMARTS) is 3. The number of aromatic nitrogens is 3. The number of likely N-dealkylation sites (tertiary alicyclic amines) is 3. The van der Waals surface area contributed by atoms with Crippen molar-refractivity contribution in [2.75, 3.05) is 94.7 Å². The standard InChI is InChI=1S/3C34H45F2N3O3.CH4/c3*1-23-7-10-28(24-11-14-33(15-12-24)21-34(35,36)22-33)29(19-23)30(32(40)41)39-17-13-27(20-39)42-18-3-2-6-26-9-8-25-5-4-16-37-31(25)38-26;/h3*7-10,19,24,27,30H,2-6,11-18,20-22H2,1H3,(H,37,38)(H,40,41);1H4/t27-,30+;2*27-,30-;/m111./s1. The summed E-state index contributed by atoms with van der Waals surface area (Å²) in [6.45, 7) is 14.9. The zero-order valence-corrected chi connectivity index (χ0v) is 74.5. The van der Waals surface area contributed by atoms with E-state index < -0.39 is 53.8 Å². The lowest BCUT2D eigenvalue weighted by Crippen LogP contribution is -2.47. The number of carboxylic acids is 3. The lowest BCUT2D eigenvalue weighted by Gasteiger charge is -2.51. The van der Waals surface area contributed by atoms with Crippen LogP contribution in [0.2, 0.25) is 0 Å². The molecule has 692 valence electrons. The largest absolute Gasteiger partial charge is 0.480 e. The number of benzene rings is 3. The Morgan fingerprint density at radius 1 is 0.394 bits per heavy atom. The average Bonchev–Trinajstić information content (AvgIpc) is 1.63. The highest BCUT2D eigenvalue weighted by atomic mass is 19.3. The van der Waals surface area contributed by atoms with E-state index in [1.165, 1.54) is 16.7 Å². The minimum absolute atomic E-state index is 0. The van der Waals surface area contributed by atoms with E-state index in [4.69, 9.17) is 29.2 Å². The van der Waals surface area contributed by atoms with Crippen LogP contribution < -0.4 is 16.0 Å². The highest BCUT2D eigenvalue weighted by molar-refractivity contribution is 5.78. The molecule has 18 nitrogen and oxygen atoms in total. The fourth-order valence-corrected chi connectivity index (χ4v) is 24.1. The van der Waals surface area contributed by atoms with Crippen molar-refractivity contribution >= 4 is 35.4 Å². The van der Waals surface area contributed by atoms with Crippen molar-refractivity contribution in [2.24, 2.45) is 16.2 Å². The lowest BCUT2D eigenvalue weighted by atomic mass is 9.56. The van der Waals surface area contributed by atoms with Gasteiger partial charge in [0, 0.05) is 134 Å². The maximum Gasteiger partial charge on any atom is 0.325 e. The number of hydrogen-bond donors (Lipinski definition) is 6. The summed E-state index contributed by atoms with van der Waals surface area (Å²) in [5, 5.41) is 41.5. The Morgan fingerprint density at radius 3 is 0.913 bits per heavy atom. The predicted octanol–water partition coefficient (Wildman–Crippen LogP) is 21.8. The number of aryl methyl sites for hydroxylation is 9. The predicted molar refractivity (Wildman–Crippen MR) is 485 cm³/mol. The number of aliphatic carboxylic acids is 3. The fourth-order valence-electron chi connectivity index (χ4n) is 24.1. The molecule has 3 aromatic heterocycles. The molecule has 3 spiro atoms. The Balaban J connectivity index is 0.000000146. The second-order valence-electron chi connectivity index (χ2n) is 40.3. The number of halogens is 6. The summed E-state index contributed by atoms with van der Waals surface area (Å²) in [5.41, 5.74) is 15.7. The number of unbranched alkanes of at least 4 members (excludes halogenated alkanes) is 3. The van der Waals surface area contributed by atoms with Gasteiger partial charge >= 0.3 is 17.9 Å². The number of rotatable bonds is 30.